The molecule has 0 aromatic heterocycles. The van der Waals surface area contributed by atoms with Gasteiger partial charge >= 0.3 is 0 Å². The van der Waals surface area contributed by atoms with E-state index >= 15 is 0 Å². The highest BCUT2D eigenvalue weighted by Crippen LogP contribution is 2.41. The Labute approximate surface area is 133 Å². The molecule has 1 spiro atoms. The van der Waals surface area contributed by atoms with Gasteiger partial charge in [-0.1, -0.05) is 30.8 Å². The van der Waals surface area contributed by atoms with E-state index in [1.165, 1.54) is 34.9 Å². The Morgan fingerprint density at radius 1 is 1.32 bits per heavy atom. The van der Waals surface area contributed by atoms with Crippen LogP contribution in [-0.4, -0.2) is 16.5 Å². The Morgan fingerprint density at radius 2 is 2.05 bits per heavy atom. The summed E-state index contributed by atoms with van der Waals surface area (Å²) in [6.07, 6.45) is 5.19. The van der Waals surface area contributed by atoms with Crippen LogP contribution in [0.2, 0.25) is 0 Å². The number of nitrogens with zero attached hydrogens (tertiary/aromatic N) is 1. The van der Waals surface area contributed by atoms with Crippen molar-refractivity contribution in [1.82, 2.24) is 0 Å². The van der Waals surface area contributed by atoms with Crippen molar-refractivity contribution in [3.8, 4) is 0 Å². The smallest absolute Gasteiger partial charge is 0.161 e. The molecule has 0 bridgehead atoms. The van der Waals surface area contributed by atoms with Gasteiger partial charge in [0.05, 0.1) is 11.2 Å². The summed E-state index contributed by atoms with van der Waals surface area (Å²) in [5.74, 6) is 2.05. The predicted octanol–water partition coefficient (Wildman–Crippen LogP) is 4.75. The first kappa shape index (κ1) is 13.7. The molecule has 102 valence electrons. The lowest BCUT2D eigenvalue weighted by Crippen LogP contribution is -2.32. The third-order valence-electron chi connectivity index (χ3n) is 4.14. The molecule has 2 nitrogen and oxygen atoms in total. The number of benzene rings is 1. The van der Waals surface area contributed by atoms with Crippen molar-refractivity contribution in [3.05, 3.63) is 27.8 Å². The maximum absolute atomic E-state index is 5.02. The largest absolute Gasteiger partial charge is 0.334 e. The molecule has 1 aliphatic carbocycles. The number of rotatable bonds is 1. The van der Waals surface area contributed by atoms with Crippen LogP contribution in [0.3, 0.4) is 0 Å². The molecule has 0 unspecified atom stereocenters. The van der Waals surface area contributed by atoms with E-state index in [0.29, 0.717) is 0 Å². The predicted molar refractivity (Wildman–Crippen MR) is 93.0 cm³/mol. The minimum absolute atomic E-state index is 0.236. The molecule has 0 atom stereocenters. The number of hydrogen-bond donors (Lipinski definition) is 1. The van der Waals surface area contributed by atoms with Gasteiger partial charge in [0, 0.05) is 9.32 Å². The summed E-state index contributed by atoms with van der Waals surface area (Å²) >= 11 is 4.26. The molecule has 3 rings (SSSR count). The summed E-state index contributed by atoms with van der Waals surface area (Å²) in [6.45, 7) is 2.37. The normalized spacial score (nSPS) is 30.4. The Bertz CT molecular complexity index is 493. The minimum Gasteiger partial charge on any atom is -0.334 e. The van der Waals surface area contributed by atoms with E-state index in [1.54, 1.807) is 0 Å². The van der Waals surface area contributed by atoms with Gasteiger partial charge in [0.2, 0.25) is 0 Å². The second-order valence-corrected chi connectivity index (χ2v) is 7.84. The number of nitrogens with one attached hydrogen (secondary N) is 1. The third-order valence-corrected chi connectivity index (χ3v) is 6.23. The van der Waals surface area contributed by atoms with E-state index in [0.717, 1.165) is 16.8 Å². The third kappa shape index (κ3) is 3.10. The molecular formula is C15H19IN2S. The van der Waals surface area contributed by atoms with Crippen LogP contribution in [0.5, 0.6) is 0 Å². The average Bonchev–Trinajstić information content (AvgIpc) is 2.80. The van der Waals surface area contributed by atoms with Crippen LogP contribution < -0.4 is 5.32 Å². The number of para-hydroxylation sites is 1. The Hall–Kier alpha value is -0.230. The van der Waals surface area contributed by atoms with E-state index in [4.69, 9.17) is 4.99 Å². The van der Waals surface area contributed by atoms with Crippen molar-refractivity contribution < 1.29 is 0 Å². The van der Waals surface area contributed by atoms with Crippen molar-refractivity contribution in [2.75, 3.05) is 11.1 Å². The number of amidine groups is 1. The topological polar surface area (TPSA) is 24.4 Å². The summed E-state index contributed by atoms with van der Waals surface area (Å²) in [5, 5.41) is 4.61. The van der Waals surface area contributed by atoms with Crippen molar-refractivity contribution in [3.63, 3.8) is 0 Å². The monoisotopic (exact) mass is 386 g/mol. The van der Waals surface area contributed by atoms with Gasteiger partial charge < -0.3 is 5.32 Å². The van der Waals surface area contributed by atoms with Crippen LogP contribution in [0.1, 0.15) is 32.6 Å². The fraction of sp³-hybridized carbons (Fsp3) is 0.533. The summed E-state index contributed by atoms with van der Waals surface area (Å²) in [5.41, 5.74) is 1.41. The maximum Gasteiger partial charge on any atom is 0.161 e. The zero-order valence-corrected chi connectivity index (χ0v) is 14.1. The molecular weight excluding hydrogens is 367 g/mol. The van der Waals surface area contributed by atoms with Gasteiger partial charge in [-0.25, -0.2) is 0 Å². The molecule has 0 radical (unpaired) electrons. The fourth-order valence-corrected chi connectivity index (χ4v) is 4.50. The van der Waals surface area contributed by atoms with E-state index in [2.05, 4.69) is 59.1 Å². The first-order valence-corrected chi connectivity index (χ1v) is 8.98. The van der Waals surface area contributed by atoms with Crippen molar-refractivity contribution in [2.45, 2.75) is 38.1 Å². The van der Waals surface area contributed by atoms with Crippen LogP contribution in [0.25, 0.3) is 0 Å². The molecule has 0 saturated heterocycles. The molecule has 2 aliphatic rings. The Kier molecular flexibility index (Phi) is 4.08. The number of hydrogen-bond acceptors (Lipinski definition) is 3. The molecule has 1 saturated carbocycles. The van der Waals surface area contributed by atoms with Crippen LogP contribution >= 0.6 is 34.4 Å². The SMILES string of the molecule is CC1CCC2(CC1)CSC(Nc1ccccc1I)=N2. The van der Waals surface area contributed by atoms with Crippen LogP contribution in [0, 0.1) is 9.49 Å². The van der Waals surface area contributed by atoms with Gasteiger partial charge in [-0.15, -0.1) is 0 Å². The first-order chi connectivity index (χ1) is 9.17. The quantitative estimate of drug-likeness (QED) is 0.705. The number of aliphatic imine (C=N–C) groups is 1. The van der Waals surface area contributed by atoms with Gasteiger partial charge in [-0.3, -0.25) is 4.99 Å². The zero-order valence-electron chi connectivity index (χ0n) is 11.2. The van der Waals surface area contributed by atoms with Crippen LogP contribution in [0.4, 0.5) is 5.69 Å². The number of anilines is 1. The lowest BCUT2D eigenvalue weighted by atomic mass is 9.79. The second-order valence-electron chi connectivity index (χ2n) is 5.72. The lowest BCUT2D eigenvalue weighted by Gasteiger charge is -2.32. The summed E-state index contributed by atoms with van der Waals surface area (Å²) in [4.78, 5) is 5.02. The highest BCUT2D eigenvalue weighted by atomic mass is 127. The number of halogens is 1. The summed E-state index contributed by atoms with van der Waals surface area (Å²) in [7, 11) is 0. The van der Waals surface area contributed by atoms with Crippen molar-refractivity contribution >= 4 is 45.2 Å². The van der Waals surface area contributed by atoms with E-state index in [-0.39, 0.29) is 5.54 Å². The Morgan fingerprint density at radius 3 is 2.79 bits per heavy atom. The maximum atomic E-state index is 5.02. The fourth-order valence-electron chi connectivity index (χ4n) is 2.78. The van der Waals surface area contributed by atoms with Crippen molar-refractivity contribution in [1.29, 1.82) is 0 Å². The minimum atomic E-state index is 0.236. The Balaban J connectivity index is 1.72. The van der Waals surface area contributed by atoms with Crippen molar-refractivity contribution in [2.24, 2.45) is 10.9 Å². The highest BCUT2D eigenvalue weighted by Gasteiger charge is 2.38. The zero-order chi connectivity index (χ0) is 13.3. The molecule has 4 heteroatoms. The molecule has 1 aromatic carbocycles. The first-order valence-electron chi connectivity index (χ1n) is 6.91. The van der Waals surface area contributed by atoms with E-state index in [9.17, 15) is 0 Å². The lowest BCUT2D eigenvalue weighted by molar-refractivity contribution is 0.273. The van der Waals surface area contributed by atoms with Gasteiger partial charge in [0.15, 0.2) is 5.17 Å². The van der Waals surface area contributed by atoms with Gasteiger partial charge in [0.25, 0.3) is 0 Å². The summed E-state index contributed by atoms with van der Waals surface area (Å²) in [6, 6.07) is 8.39. The molecule has 1 aliphatic heterocycles. The highest BCUT2D eigenvalue weighted by molar-refractivity contribution is 14.1. The van der Waals surface area contributed by atoms with Gasteiger partial charge in [0.1, 0.15) is 0 Å². The molecule has 1 heterocycles. The van der Waals surface area contributed by atoms with Gasteiger partial charge in [-0.2, -0.15) is 0 Å². The molecule has 1 aromatic rings. The summed E-state index contributed by atoms with van der Waals surface area (Å²) < 4.78 is 1.25. The second kappa shape index (κ2) is 5.64. The van der Waals surface area contributed by atoms with Crippen LogP contribution in [-0.2, 0) is 0 Å². The van der Waals surface area contributed by atoms with E-state index < -0.39 is 0 Å². The van der Waals surface area contributed by atoms with Crippen LogP contribution in [0.15, 0.2) is 29.3 Å². The molecule has 0 amide bonds. The molecule has 1 N–H and O–H groups in total. The molecule has 19 heavy (non-hydrogen) atoms. The van der Waals surface area contributed by atoms with E-state index in [1.807, 2.05) is 11.8 Å². The molecule has 1 fully saturated rings. The average molecular weight is 386 g/mol. The number of thioether (sulfide) groups is 1. The van der Waals surface area contributed by atoms with Gasteiger partial charge in [-0.05, 0) is 66.3 Å². The standard InChI is InChI=1S/C15H19IN2S/c1-11-6-8-15(9-7-11)10-19-14(18-15)17-13-5-3-2-4-12(13)16/h2-5,11H,6-10H2,1H3,(H,17,18).